The topological polar surface area (TPSA) is 63.4 Å². The van der Waals surface area contributed by atoms with E-state index in [1.165, 1.54) is 15.6 Å². The van der Waals surface area contributed by atoms with Crippen LogP contribution >= 0.6 is 27.3 Å². The number of rotatable bonds is 2. The summed E-state index contributed by atoms with van der Waals surface area (Å²) in [6, 6.07) is 9.06. The zero-order valence-electron chi connectivity index (χ0n) is 11.4. The molecule has 1 aromatic heterocycles. The van der Waals surface area contributed by atoms with Crippen molar-refractivity contribution in [1.29, 1.82) is 0 Å². The van der Waals surface area contributed by atoms with Gasteiger partial charge in [0.1, 0.15) is 4.21 Å². The van der Waals surface area contributed by atoms with Crippen molar-refractivity contribution in [2.24, 2.45) is 5.73 Å². The highest BCUT2D eigenvalue weighted by atomic mass is 79.9. The van der Waals surface area contributed by atoms with Crippen molar-refractivity contribution in [1.82, 2.24) is 0 Å². The minimum absolute atomic E-state index is 0.107. The average Bonchev–Trinajstić information content (AvgIpc) is 2.80. The fourth-order valence-corrected chi connectivity index (χ4v) is 6.32. The van der Waals surface area contributed by atoms with Crippen LogP contribution in [-0.4, -0.2) is 15.0 Å². The van der Waals surface area contributed by atoms with Crippen molar-refractivity contribution in [2.75, 3.05) is 10.8 Å². The number of hydrogen-bond acceptors (Lipinski definition) is 4. The number of aryl methyl sites for hydroxylation is 1. The molecule has 1 atom stereocenters. The van der Waals surface area contributed by atoms with E-state index >= 15 is 0 Å². The highest BCUT2D eigenvalue weighted by Gasteiger charge is 2.32. The number of nitrogens with zero attached hydrogens (tertiary/aromatic N) is 1. The van der Waals surface area contributed by atoms with Gasteiger partial charge in [0.25, 0.3) is 10.0 Å². The number of thiophene rings is 1. The van der Waals surface area contributed by atoms with Crippen molar-refractivity contribution in [3.63, 3.8) is 0 Å². The zero-order chi connectivity index (χ0) is 15.2. The molecular formula is C14H15BrN2O2S2. The smallest absolute Gasteiger partial charge is 0.273 e. The van der Waals surface area contributed by atoms with Gasteiger partial charge in [0.05, 0.1) is 9.47 Å². The molecule has 0 fully saturated rings. The van der Waals surface area contributed by atoms with Crippen LogP contribution in [0.4, 0.5) is 5.69 Å². The van der Waals surface area contributed by atoms with Gasteiger partial charge in [-0.25, -0.2) is 8.42 Å². The van der Waals surface area contributed by atoms with Crippen LogP contribution in [0.25, 0.3) is 0 Å². The molecule has 1 aliphatic rings. The molecule has 1 aliphatic heterocycles. The van der Waals surface area contributed by atoms with E-state index in [9.17, 15) is 8.42 Å². The summed E-state index contributed by atoms with van der Waals surface area (Å²) in [4.78, 5) is 0. The lowest BCUT2D eigenvalue weighted by molar-refractivity contribution is 0.576. The standard InChI is InChI=1S/C14H15BrN2O2S2/c1-9-8-13(20-14(9)15)21(18,19)17-7-6-11(16)10-4-2-3-5-12(10)17/h2-5,8,11H,6-7,16H2,1H3. The second-order valence-electron chi connectivity index (χ2n) is 5.05. The lowest BCUT2D eigenvalue weighted by Gasteiger charge is -2.33. The van der Waals surface area contributed by atoms with E-state index in [1.54, 1.807) is 6.07 Å². The number of hydrogen-bond donors (Lipinski definition) is 1. The number of benzene rings is 1. The molecule has 0 amide bonds. The molecule has 0 aliphatic carbocycles. The summed E-state index contributed by atoms with van der Waals surface area (Å²) in [5.41, 5.74) is 8.61. The minimum Gasteiger partial charge on any atom is -0.324 e. The molecule has 0 saturated carbocycles. The largest absolute Gasteiger partial charge is 0.324 e. The lowest BCUT2D eigenvalue weighted by atomic mass is 9.99. The maximum Gasteiger partial charge on any atom is 0.273 e. The fraction of sp³-hybridized carbons (Fsp3) is 0.286. The second-order valence-corrected chi connectivity index (χ2v) is 9.51. The molecule has 112 valence electrons. The minimum atomic E-state index is -3.53. The quantitative estimate of drug-likeness (QED) is 0.859. The third-order valence-corrected chi connectivity index (χ3v) is 8.03. The molecule has 2 heterocycles. The highest BCUT2D eigenvalue weighted by Crippen LogP contribution is 2.38. The van der Waals surface area contributed by atoms with E-state index in [0.717, 1.165) is 14.9 Å². The number of para-hydroxylation sites is 1. The predicted molar refractivity (Wildman–Crippen MR) is 89.3 cm³/mol. The van der Waals surface area contributed by atoms with Gasteiger partial charge in [-0.2, -0.15) is 0 Å². The molecule has 7 heteroatoms. The maximum atomic E-state index is 12.9. The van der Waals surface area contributed by atoms with Crippen LogP contribution in [0.1, 0.15) is 23.6 Å². The van der Waals surface area contributed by atoms with Gasteiger partial charge >= 0.3 is 0 Å². The predicted octanol–water partition coefficient (Wildman–Crippen LogP) is 3.42. The molecule has 0 bridgehead atoms. The summed E-state index contributed by atoms with van der Waals surface area (Å²) >= 11 is 4.64. The number of nitrogens with two attached hydrogens (primary N) is 1. The Balaban J connectivity index is 2.10. The molecular weight excluding hydrogens is 372 g/mol. The first kappa shape index (κ1) is 15.0. The summed E-state index contributed by atoms with van der Waals surface area (Å²) in [5.74, 6) is 0. The zero-order valence-corrected chi connectivity index (χ0v) is 14.6. The van der Waals surface area contributed by atoms with Crippen LogP contribution in [0.2, 0.25) is 0 Å². The molecule has 1 unspecified atom stereocenters. The molecule has 2 N–H and O–H groups in total. The lowest BCUT2D eigenvalue weighted by Crippen LogP contribution is -2.38. The van der Waals surface area contributed by atoms with Gasteiger partial charge in [-0.1, -0.05) is 18.2 Å². The van der Waals surface area contributed by atoms with Crippen molar-refractivity contribution < 1.29 is 8.42 Å². The Morgan fingerprint density at radius 2 is 2.10 bits per heavy atom. The van der Waals surface area contributed by atoms with Gasteiger partial charge < -0.3 is 5.73 Å². The van der Waals surface area contributed by atoms with E-state index in [4.69, 9.17) is 5.73 Å². The molecule has 0 saturated heterocycles. The summed E-state index contributed by atoms with van der Waals surface area (Å²) in [6.07, 6.45) is 0.627. The van der Waals surface area contributed by atoms with Crippen molar-refractivity contribution >= 4 is 43.0 Å². The van der Waals surface area contributed by atoms with E-state index in [0.29, 0.717) is 22.9 Å². The van der Waals surface area contributed by atoms with Gasteiger partial charge in [0.15, 0.2) is 0 Å². The first-order chi connectivity index (χ1) is 9.91. The number of sulfonamides is 1. The van der Waals surface area contributed by atoms with E-state index < -0.39 is 10.0 Å². The molecule has 1 aromatic carbocycles. The Bertz CT molecular complexity index is 767. The van der Waals surface area contributed by atoms with Crippen LogP contribution in [0, 0.1) is 6.92 Å². The Hall–Kier alpha value is -0.890. The van der Waals surface area contributed by atoms with E-state index in [1.807, 2.05) is 31.2 Å². The second kappa shape index (κ2) is 5.39. The summed E-state index contributed by atoms with van der Waals surface area (Å²) in [5, 5.41) is 0. The first-order valence-corrected chi connectivity index (χ1v) is 9.59. The van der Waals surface area contributed by atoms with Gasteiger partial charge in [0.2, 0.25) is 0 Å². The Morgan fingerprint density at radius 3 is 2.76 bits per heavy atom. The van der Waals surface area contributed by atoms with Crippen LogP contribution in [0.3, 0.4) is 0 Å². The van der Waals surface area contributed by atoms with Crippen LogP contribution in [0.5, 0.6) is 0 Å². The highest BCUT2D eigenvalue weighted by molar-refractivity contribution is 9.11. The van der Waals surface area contributed by atoms with Gasteiger partial charge in [-0.05, 0) is 52.5 Å². The van der Waals surface area contributed by atoms with Gasteiger partial charge in [-0.15, -0.1) is 11.3 Å². The molecule has 3 rings (SSSR count). The summed E-state index contributed by atoms with van der Waals surface area (Å²) in [7, 11) is -3.53. The number of anilines is 1. The van der Waals surface area contributed by atoms with Crippen molar-refractivity contribution in [3.8, 4) is 0 Å². The van der Waals surface area contributed by atoms with Crippen molar-refractivity contribution in [3.05, 3.63) is 45.2 Å². The number of fused-ring (bicyclic) bond motifs is 1. The monoisotopic (exact) mass is 386 g/mol. The fourth-order valence-electron chi connectivity index (χ4n) is 2.48. The Kier molecular flexibility index (Phi) is 3.85. The Labute approximate surface area is 136 Å². The first-order valence-electron chi connectivity index (χ1n) is 6.54. The SMILES string of the molecule is Cc1cc(S(=O)(=O)N2CCC(N)c3ccccc32)sc1Br. The maximum absolute atomic E-state index is 12.9. The number of halogens is 1. The van der Waals surface area contributed by atoms with Gasteiger partial charge in [-0.3, -0.25) is 4.31 Å². The van der Waals surface area contributed by atoms with Crippen LogP contribution < -0.4 is 10.0 Å². The van der Waals surface area contributed by atoms with Crippen molar-refractivity contribution in [2.45, 2.75) is 23.6 Å². The molecule has 0 spiro atoms. The average molecular weight is 387 g/mol. The summed E-state index contributed by atoms with van der Waals surface area (Å²) < 4.78 is 28.5. The van der Waals surface area contributed by atoms with Gasteiger partial charge in [0, 0.05) is 12.6 Å². The molecule has 21 heavy (non-hydrogen) atoms. The van der Waals surface area contributed by atoms with Crippen LogP contribution in [-0.2, 0) is 10.0 Å². The third kappa shape index (κ3) is 2.52. The molecule has 2 aromatic rings. The normalized spacial score (nSPS) is 18.6. The third-order valence-electron chi connectivity index (χ3n) is 3.63. The van der Waals surface area contributed by atoms with E-state index in [-0.39, 0.29) is 6.04 Å². The summed E-state index contributed by atoms with van der Waals surface area (Å²) in [6.45, 7) is 2.30. The molecule has 0 radical (unpaired) electrons. The van der Waals surface area contributed by atoms with Crippen LogP contribution in [0.15, 0.2) is 38.3 Å². The van der Waals surface area contributed by atoms with E-state index in [2.05, 4.69) is 15.9 Å². The Morgan fingerprint density at radius 1 is 1.38 bits per heavy atom. The molecule has 4 nitrogen and oxygen atoms in total.